The summed E-state index contributed by atoms with van der Waals surface area (Å²) in [4.78, 5) is 13.1. The zero-order valence-corrected chi connectivity index (χ0v) is 9.70. The molecule has 0 aromatic heterocycles. The third-order valence-electron chi connectivity index (χ3n) is 2.40. The van der Waals surface area contributed by atoms with Crippen LogP contribution in [0.25, 0.3) is 0 Å². The zero-order chi connectivity index (χ0) is 11.5. The molecule has 1 aliphatic rings. The van der Waals surface area contributed by atoms with E-state index in [1.54, 1.807) is 17.0 Å². The van der Waals surface area contributed by atoms with Crippen molar-refractivity contribution in [3.8, 4) is 5.75 Å². The Morgan fingerprint density at radius 3 is 2.81 bits per heavy atom. The van der Waals surface area contributed by atoms with E-state index < -0.39 is 0 Å². The molecule has 0 radical (unpaired) electrons. The van der Waals surface area contributed by atoms with E-state index in [0.29, 0.717) is 29.6 Å². The molecule has 1 amide bonds. The second kappa shape index (κ2) is 4.58. The quantitative estimate of drug-likeness (QED) is 0.808. The van der Waals surface area contributed by atoms with Crippen molar-refractivity contribution in [3.05, 3.63) is 41.1 Å². The third kappa shape index (κ3) is 2.19. The monoisotopic (exact) mass is 237 g/mol. The fraction of sp³-hybridized carbons (Fsp3) is 0.250. The van der Waals surface area contributed by atoms with Crippen molar-refractivity contribution in [1.82, 2.24) is 4.90 Å². The number of rotatable bonds is 3. The Kier molecular flexibility index (Phi) is 3.15. The zero-order valence-electron chi connectivity index (χ0n) is 8.94. The summed E-state index contributed by atoms with van der Waals surface area (Å²) >= 11 is 5.96. The minimum atomic E-state index is -0.00967. The van der Waals surface area contributed by atoms with Gasteiger partial charge in [-0.05, 0) is 19.1 Å². The molecule has 1 aromatic rings. The highest BCUT2D eigenvalue weighted by molar-refractivity contribution is 6.32. The highest BCUT2D eigenvalue weighted by Gasteiger charge is 2.21. The van der Waals surface area contributed by atoms with Crippen LogP contribution in [0.3, 0.4) is 0 Å². The normalized spacial score (nSPS) is 15.2. The van der Waals surface area contributed by atoms with Crippen molar-refractivity contribution >= 4 is 17.5 Å². The third-order valence-corrected chi connectivity index (χ3v) is 2.71. The molecule has 0 N–H and O–H groups in total. The highest BCUT2D eigenvalue weighted by Crippen LogP contribution is 2.26. The van der Waals surface area contributed by atoms with Crippen LogP contribution in [0.1, 0.15) is 6.92 Å². The van der Waals surface area contributed by atoms with Gasteiger partial charge in [0.15, 0.2) is 0 Å². The number of carbonyl (C=O) groups excluding carboxylic acids is 1. The fourth-order valence-corrected chi connectivity index (χ4v) is 1.71. The number of hydrogen-bond donors (Lipinski definition) is 0. The molecule has 0 unspecified atom stereocenters. The fourth-order valence-electron chi connectivity index (χ4n) is 1.54. The SMILES string of the molecule is CCN1CC(Oc2ccccc2Cl)=CC1=O. The van der Waals surface area contributed by atoms with Crippen LogP contribution in [0.15, 0.2) is 36.1 Å². The molecule has 0 bridgehead atoms. The standard InChI is InChI=1S/C12H12ClNO2/c1-2-14-8-9(7-12(14)15)16-11-6-4-3-5-10(11)13/h3-7H,2,8H2,1H3. The smallest absolute Gasteiger partial charge is 0.250 e. The number of ether oxygens (including phenoxy) is 1. The van der Waals surface area contributed by atoms with Crippen molar-refractivity contribution in [2.45, 2.75) is 6.92 Å². The number of likely N-dealkylation sites (N-methyl/N-ethyl adjacent to an activating group) is 1. The molecule has 84 valence electrons. The van der Waals surface area contributed by atoms with Crippen LogP contribution in [0.2, 0.25) is 5.02 Å². The van der Waals surface area contributed by atoms with Gasteiger partial charge in [0.05, 0.1) is 11.6 Å². The summed E-state index contributed by atoms with van der Waals surface area (Å²) in [6.07, 6.45) is 1.51. The van der Waals surface area contributed by atoms with Crippen LogP contribution in [0.5, 0.6) is 5.75 Å². The number of carbonyl (C=O) groups is 1. The highest BCUT2D eigenvalue weighted by atomic mass is 35.5. The number of amides is 1. The average Bonchev–Trinajstić information content (AvgIpc) is 2.62. The number of para-hydroxylation sites is 1. The van der Waals surface area contributed by atoms with Crippen molar-refractivity contribution in [2.24, 2.45) is 0 Å². The molecule has 3 nitrogen and oxygen atoms in total. The maximum atomic E-state index is 11.4. The van der Waals surface area contributed by atoms with Gasteiger partial charge < -0.3 is 9.64 Å². The van der Waals surface area contributed by atoms with Gasteiger partial charge in [-0.1, -0.05) is 23.7 Å². The summed E-state index contributed by atoms with van der Waals surface area (Å²) in [5.74, 6) is 1.21. The molecular weight excluding hydrogens is 226 g/mol. The van der Waals surface area contributed by atoms with Crippen LogP contribution < -0.4 is 4.74 Å². The van der Waals surface area contributed by atoms with E-state index in [1.165, 1.54) is 6.08 Å². The largest absolute Gasteiger partial charge is 0.458 e. The van der Waals surface area contributed by atoms with Gasteiger partial charge in [-0.3, -0.25) is 4.79 Å². The van der Waals surface area contributed by atoms with Crippen LogP contribution in [-0.2, 0) is 4.79 Å². The first kappa shape index (κ1) is 11.0. The molecule has 1 aliphatic heterocycles. The first-order valence-electron chi connectivity index (χ1n) is 5.12. The lowest BCUT2D eigenvalue weighted by atomic mass is 10.3. The van der Waals surface area contributed by atoms with Gasteiger partial charge in [-0.15, -0.1) is 0 Å². The van der Waals surface area contributed by atoms with E-state index in [2.05, 4.69) is 0 Å². The minimum Gasteiger partial charge on any atom is -0.458 e. The predicted molar refractivity (Wildman–Crippen MR) is 62.4 cm³/mol. The average molecular weight is 238 g/mol. The van der Waals surface area contributed by atoms with Crippen molar-refractivity contribution in [2.75, 3.05) is 13.1 Å². The lowest BCUT2D eigenvalue weighted by Gasteiger charge is -2.13. The van der Waals surface area contributed by atoms with Crippen molar-refractivity contribution in [3.63, 3.8) is 0 Å². The molecule has 0 atom stereocenters. The second-order valence-electron chi connectivity index (χ2n) is 3.50. The Labute approximate surface area is 99.3 Å². The lowest BCUT2D eigenvalue weighted by molar-refractivity contribution is -0.124. The molecule has 1 heterocycles. The van der Waals surface area contributed by atoms with Crippen molar-refractivity contribution < 1.29 is 9.53 Å². The topological polar surface area (TPSA) is 29.5 Å². The number of nitrogens with zero attached hydrogens (tertiary/aromatic N) is 1. The Balaban J connectivity index is 2.10. The Hall–Kier alpha value is -1.48. The van der Waals surface area contributed by atoms with Gasteiger partial charge in [-0.25, -0.2) is 0 Å². The maximum absolute atomic E-state index is 11.4. The molecule has 0 saturated heterocycles. The first-order valence-corrected chi connectivity index (χ1v) is 5.50. The summed E-state index contributed by atoms with van der Waals surface area (Å²) < 4.78 is 5.58. The van der Waals surface area contributed by atoms with E-state index >= 15 is 0 Å². The molecule has 2 rings (SSSR count). The summed E-state index contributed by atoms with van der Waals surface area (Å²) in [7, 11) is 0. The summed E-state index contributed by atoms with van der Waals surface area (Å²) in [5, 5.41) is 0.547. The van der Waals surface area contributed by atoms with Gasteiger partial charge in [0.2, 0.25) is 5.91 Å². The summed E-state index contributed by atoms with van der Waals surface area (Å²) in [6, 6.07) is 7.21. The Bertz CT molecular complexity index is 442. The van der Waals surface area contributed by atoms with Crippen LogP contribution in [0, 0.1) is 0 Å². The van der Waals surface area contributed by atoms with Gasteiger partial charge in [0.25, 0.3) is 0 Å². The van der Waals surface area contributed by atoms with E-state index in [1.807, 2.05) is 19.1 Å². The molecule has 16 heavy (non-hydrogen) atoms. The van der Waals surface area contributed by atoms with Gasteiger partial charge in [0, 0.05) is 12.6 Å². The molecule has 0 saturated carbocycles. The van der Waals surface area contributed by atoms with E-state index in [0.717, 1.165) is 0 Å². The second-order valence-corrected chi connectivity index (χ2v) is 3.90. The van der Waals surface area contributed by atoms with Gasteiger partial charge in [-0.2, -0.15) is 0 Å². The lowest BCUT2D eigenvalue weighted by Crippen LogP contribution is -2.25. The first-order chi connectivity index (χ1) is 7.70. The molecule has 1 aromatic carbocycles. The molecule has 0 fully saturated rings. The van der Waals surface area contributed by atoms with Crippen LogP contribution in [-0.4, -0.2) is 23.9 Å². The number of benzene rings is 1. The minimum absolute atomic E-state index is 0.00967. The molecule has 4 heteroatoms. The van der Waals surface area contributed by atoms with Gasteiger partial charge >= 0.3 is 0 Å². The van der Waals surface area contributed by atoms with E-state index in [4.69, 9.17) is 16.3 Å². The van der Waals surface area contributed by atoms with E-state index in [9.17, 15) is 4.79 Å². The molecule has 0 aliphatic carbocycles. The summed E-state index contributed by atoms with van der Waals surface area (Å²) in [6.45, 7) is 3.13. The molecular formula is C12H12ClNO2. The molecule has 0 spiro atoms. The number of halogens is 1. The Morgan fingerprint density at radius 1 is 1.44 bits per heavy atom. The van der Waals surface area contributed by atoms with Crippen LogP contribution >= 0.6 is 11.6 Å². The van der Waals surface area contributed by atoms with Crippen LogP contribution in [0.4, 0.5) is 0 Å². The number of hydrogen-bond acceptors (Lipinski definition) is 2. The summed E-state index contributed by atoms with van der Waals surface area (Å²) in [5.41, 5.74) is 0. The van der Waals surface area contributed by atoms with Gasteiger partial charge in [0.1, 0.15) is 11.5 Å². The predicted octanol–water partition coefficient (Wildman–Crippen LogP) is 2.46. The maximum Gasteiger partial charge on any atom is 0.250 e. The van der Waals surface area contributed by atoms with Crippen molar-refractivity contribution in [1.29, 1.82) is 0 Å². The van der Waals surface area contributed by atoms with E-state index in [-0.39, 0.29) is 5.91 Å². The Morgan fingerprint density at radius 2 is 2.19 bits per heavy atom.